The first-order valence-corrected chi connectivity index (χ1v) is 6.13. The standard InChI is InChI=1S/C13H18N4O/c1-2-18-7-3-6-15-13-11-8-10(14)4-5-12(11)16-9-17-13/h4-5,8-9H,2-3,6-7,14H2,1H3,(H,15,16,17). The maximum Gasteiger partial charge on any atom is 0.137 e. The molecule has 0 saturated heterocycles. The third-order valence-electron chi connectivity index (χ3n) is 2.62. The Kier molecular flexibility index (Phi) is 4.30. The van der Waals surface area contributed by atoms with Gasteiger partial charge in [0.1, 0.15) is 12.1 Å². The zero-order valence-electron chi connectivity index (χ0n) is 10.5. The van der Waals surface area contributed by atoms with Crippen molar-refractivity contribution < 1.29 is 4.74 Å². The Morgan fingerprint density at radius 1 is 1.33 bits per heavy atom. The van der Waals surface area contributed by atoms with E-state index in [0.717, 1.165) is 48.6 Å². The molecule has 0 atom stereocenters. The Bertz CT molecular complexity index is 515. The fraction of sp³-hybridized carbons (Fsp3) is 0.385. The molecule has 0 fully saturated rings. The highest BCUT2D eigenvalue weighted by molar-refractivity contribution is 5.91. The molecule has 96 valence electrons. The van der Waals surface area contributed by atoms with Gasteiger partial charge < -0.3 is 15.8 Å². The molecule has 0 unspecified atom stereocenters. The summed E-state index contributed by atoms with van der Waals surface area (Å²) in [6.07, 6.45) is 2.51. The minimum absolute atomic E-state index is 0.717. The van der Waals surface area contributed by atoms with Gasteiger partial charge in [-0.25, -0.2) is 9.97 Å². The van der Waals surface area contributed by atoms with Gasteiger partial charge >= 0.3 is 0 Å². The number of nitrogen functional groups attached to an aromatic ring is 1. The Labute approximate surface area is 106 Å². The monoisotopic (exact) mass is 246 g/mol. The van der Waals surface area contributed by atoms with Crippen molar-refractivity contribution in [2.75, 3.05) is 30.8 Å². The number of ether oxygens (including phenoxy) is 1. The maximum absolute atomic E-state index is 5.78. The van der Waals surface area contributed by atoms with E-state index in [1.165, 1.54) is 0 Å². The Morgan fingerprint density at radius 3 is 3.06 bits per heavy atom. The average molecular weight is 246 g/mol. The van der Waals surface area contributed by atoms with E-state index in [2.05, 4.69) is 15.3 Å². The van der Waals surface area contributed by atoms with Crippen molar-refractivity contribution in [1.29, 1.82) is 0 Å². The first-order chi connectivity index (χ1) is 8.81. The van der Waals surface area contributed by atoms with Gasteiger partial charge in [0.15, 0.2) is 0 Å². The summed E-state index contributed by atoms with van der Waals surface area (Å²) in [6, 6.07) is 5.63. The average Bonchev–Trinajstić information content (AvgIpc) is 2.39. The molecule has 1 heterocycles. The van der Waals surface area contributed by atoms with Crippen LogP contribution in [0.15, 0.2) is 24.5 Å². The zero-order chi connectivity index (χ0) is 12.8. The van der Waals surface area contributed by atoms with Gasteiger partial charge in [0.05, 0.1) is 5.52 Å². The number of aromatic nitrogens is 2. The van der Waals surface area contributed by atoms with Crippen molar-refractivity contribution in [1.82, 2.24) is 9.97 Å². The van der Waals surface area contributed by atoms with Crippen LogP contribution >= 0.6 is 0 Å². The van der Waals surface area contributed by atoms with Crippen LogP contribution in [0.25, 0.3) is 10.9 Å². The number of hydrogen-bond donors (Lipinski definition) is 2. The van der Waals surface area contributed by atoms with Gasteiger partial charge in [-0.2, -0.15) is 0 Å². The van der Waals surface area contributed by atoms with E-state index in [9.17, 15) is 0 Å². The second-order valence-corrected chi connectivity index (χ2v) is 3.98. The molecule has 0 amide bonds. The third-order valence-corrected chi connectivity index (χ3v) is 2.62. The van der Waals surface area contributed by atoms with Crippen molar-refractivity contribution in [3.63, 3.8) is 0 Å². The maximum atomic E-state index is 5.78. The van der Waals surface area contributed by atoms with Crippen LogP contribution in [-0.4, -0.2) is 29.7 Å². The van der Waals surface area contributed by atoms with E-state index in [4.69, 9.17) is 10.5 Å². The SMILES string of the molecule is CCOCCCNc1ncnc2ccc(N)cc12. The van der Waals surface area contributed by atoms with Gasteiger partial charge in [-0.3, -0.25) is 0 Å². The molecule has 0 bridgehead atoms. The summed E-state index contributed by atoms with van der Waals surface area (Å²) in [4.78, 5) is 8.46. The summed E-state index contributed by atoms with van der Waals surface area (Å²) in [6.45, 7) is 4.33. The summed E-state index contributed by atoms with van der Waals surface area (Å²) < 4.78 is 5.29. The predicted molar refractivity (Wildman–Crippen MR) is 73.6 cm³/mol. The van der Waals surface area contributed by atoms with Gasteiger partial charge in [0.2, 0.25) is 0 Å². The number of nitrogens with two attached hydrogens (primary N) is 1. The largest absolute Gasteiger partial charge is 0.399 e. The Morgan fingerprint density at radius 2 is 2.22 bits per heavy atom. The van der Waals surface area contributed by atoms with Gasteiger partial charge in [-0.1, -0.05) is 0 Å². The summed E-state index contributed by atoms with van der Waals surface area (Å²) >= 11 is 0. The third kappa shape index (κ3) is 3.07. The number of fused-ring (bicyclic) bond motifs is 1. The summed E-state index contributed by atoms with van der Waals surface area (Å²) in [7, 11) is 0. The van der Waals surface area contributed by atoms with E-state index in [1.807, 2.05) is 25.1 Å². The lowest BCUT2D eigenvalue weighted by Gasteiger charge is -2.08. The highest BCUT2D eigenvalue weighted by atomic mass is 16.5. The van der Waals surface area contributed by atoms with Crippen LogP contribution in [0, 0.1) is 0 Å². The molecule has 3 N–H and O–H groups in total. The van der Waals surface area contributed by atoms with Crippen molar-refractivity contribution in [2.24, 2.45) is 0 Å². The molecule has 5 nitrogen and oxygen atoms in total. The summed E-state index contributed by atoms with van der Waals surface area (Å²) in [5, 5.41) is 4.24. The summed E-state index contributed by atoms with van der Waals surface area (Å²) in [5.74, 6) is 0.823. The molecule has 0 aliphatic carbocycles. The fourth-order valence-corrected chi connectivity index (χ4v) is 1.74. The molecule has 18 heavy (non-hydrogen) atoms. The molecule has 2 aromatic rings. The number of rotatable bonds is 6. The molecule has 2 rings (SSSR count). The van der Waals surface area contributed by atoms with Gasteiger partial charge in [-0.05, 0) is 31.5 Å². The minimum atomic E-state index is 0.717. The van der Waals surface area contributed by atoms with Crippen molar-refractivity contribution >= 4 is 22.4 Å². The van der Waals surface area contributed by atoms with Crippen molar-refractivity contribution in [3.8, 4) is 0 Å². The van der Waals surface area contributed by atoms with Gasteiger partial charge in [0.25, 0.3) is 0 Å². The molecular formula is C13H18N4O. The molecule has 0 saturated carbocycles. The predicted octanol–water partition coefficient (Wildman–Crippen LogP) is 2.05. The second-order valence-electron chi connectivity index (χ2n) is 3.98. The number of benzene rings is 1. The van der Waals surface area contributed by atoms with E-state index >= 15 is 0 Å². The van der Waals surface area contributed by atoms with Crippen molar-refractivity contribution in [3.05, 3.63) is 24.5 Å². The topological polar surface area (TPSA) is 73.1 Å². The van der Waals surface area contributed by atoms with E-state index in [1.54, 1.807) is 6.33 Å². The molecule has 0 radical (unpaired) electrons. The fourth-order valence-electron chi connectivity index (χ4n) is 1.74. The highest BCUT2D eigenvalue weighted by Crippen LogP contribution is 2.21. The number of nitrogens with one attached hydrogen (secondary N) is 1. The molecule has 5 heteroatoms. The van der Waals surface area contributed by atoms with Gasteiger partial charge in [0, 0.05) is 30.8 Å². The molecule has 0 spiro atoms. The number of hydrogen-bond acceptors (Lipinski definition) is 5. The van der Waals surface area contributed by atoms with Crippen LogP contribution in [0.2, 0.25) is 0 Å². The Hall–Kier alpha value is -1.88. The second kappa shape index (κ2) is 6.16. The quantitative estimate of drug-likeness (QED) is 0.603. The van der Waals surface area contributed by atoms with E-state index in [-0.39, 0.29) is 0 Å². The van der Waals surface area contributed by atoms with Crippen LogP contribution in [0.5, 0.6) is 0 Å². The number of nitrogens with zero attached hydrogens (tertiary/aromatic N) is 2. The molecule has 1 aromatic carbocycles. The first kappa shape index (κ1) is 12.6. The van der Waals surface area contributed by atoms with E-state index in [0.29, 0.717) is 0 Å². The van der Waals surface area contributed by atoms with Crippen LogP contribution in [-0.2, 0) is 4.74 Å². The van der Waals surface area contributed by atoms with Gasteiger partial charge in [-0.15, -0.1) is 0 Å². The van der Waals surface area contributed by atoms with E-state index < -0.39 is 0 Å². The van der Waals surface area contributed by atoms with Crippen LogP contribution < -0.4 is 11.1 Å². The van der Waals surface area contributed by atoms with Crippen LogP contribution in [0.3, 0.4) is 0 Å². The molecule has 0 aliphatic heterocycles. The molecule has 0 aliphatic rings. The van der Waals surface area contributed by atoms with Crippen molar-refractivity contribution in [2.45, 2.75) is 13.3 Å². The lowest BCUT2D eigenvalue weighted by molar-refractivity contribution is 0.147. The molecule has 1 aromatic heterocycles. The lowest BCUT2D eigenvalue weighted by Crippen LogP contribution is -2.07. The van der Waals surface area contributed by atoms with Crippen LogP contribution in [0.1, 0.15) is 13.3 Å². The normalized spacial score (nSPS) is 10.7. The smallest absolute Gasteiger partial charge is 0.137 e. The first-order valence-electron chi connectivity index (χ1n) is 6.13. The number of anilines is 2. The van der Waals surface area contributed by atoms with Crippen LogP contribution in [0.4, 0.5) is 11.5 Å². The highest BCUT2D eigenvalue weighted by Gasteiger charge is 2.03. The minimum Gasteiger partial charge on any atom is -0.399 e. The Balaban J connectivity index is 2.05. The lowest BCUT2D eigenvalue weighted by atomic mass is 10.2. The summed E-state index contributed by atoms with van der Waals surface area (Å²) in [5.41, 5.74) is 7.40. The zero-order valence-corrected chi connectivity index (χ0v) is 10.5. The molecular weight excluding hydrogens is 228 g/mol.